The molecular weight excluding hydrogens is 240 g/mol. The van der Waals surface area contributed by atoms with Crippen molar-refractivity contribution in [3.8, 4) is 0 Å². The first-order valence-corrected chi connectivity index (χ1v) is 8.44. The molecule has 4 rings (SSSR count). The quantitative estimate of drug-likeness (QED) is 0.869. The smallest absolute Gasteiger partial charge is 0.0962 e. The van der Waals surface area contributed by atoms with Crippen LogP contribution < -0.4 is 5.32 Å². The van der Waals surface area contributed by atoms with Gasteiger partial charge >= 0.3 is 0 Å². The monoisotopic (exact) mass is 262 g/mol. The first kappa shape index (κ1) is 11.4. The third-order valence-corrected chi connectivity index (χ3v) is 5.77. The summed E-state index contributed by atoms with van der Waals surface area (Å²) in [4.78, 5) is 6.59. The Morgan fingerprint density at radius 2 is 1.78 bits per heavy atom. The Balaban J connectivity index is 1.53. The lowest BCUT2D eigenvalue weighted by atomic mass is 10.1. The van der Waals surface area contributed by atoms with E-state index in [4.69, 9.17) is 4.98 Å². The largest absolute Gasteiger partial charge is 0.309 e. The number of rotatable bonds is 5. The van der Waals surface area contributed by atoms with Gasteiger partial charge in [0.1, 0.15) is 0 Å². The second kappa shape index (κ2) is 4.61. The number of nitrogens with one attached hydrogen (secondary N) is 1. The number of hydrogen-bond donors (Lipinski definition) is 1. The fourth-order valence-corrected chi connectivity index (χ4v) is 4.33. The van der Waals surface area contributed by atoms with Gasteiger partial charge in [-0.15, -0.1) is 11.3 Å². The maximum absolute atomic E-state index is 5.03. The fourth-order valence-electron chi connectivity index (χ4n) is 3.06. The van der Waals surface area contributed by atoms with Crippen LogP contribution >= 0.6 is 11.3 Å². The highest BCUT2D eigenvalue weighted by molar-refractivity contribution is 7.11. The molecule has 1 N–H and O–H groups in total. The summed E-state index contributed by atoms with van der Waals surface area (Å²) in [5.74, 6) is 1.61. The normalized spacial score (nSPS) is 24.9. The predicted octanol–water partition coefficient (Wildman–Crippen LogP) is 3.93. The minimum atomic E-state index is 0.794. The topological polar surface area (TPSA) is 24.9 Å². The molecule has 3 fully saturated rings. The Morgan fingerprint density at radius 1 is 1.00 bits per heavy atom. The van der Waals surface area contributed by atoms with Crippen LogP contribution in [0.25, 0.3) is 0 Å². The van der Waals surface area contributed by atoms with E-state index in [0.717, 1.165) is 24.4 Å². The summed E-state index contributed by atoms with van der Waals surface area (Å²) >= 11 is 2.02. The summed E-state index contributed by atoms with van der Waals surface area (Å²) < 4.78 is 0. The van der Waals surface area contributed by atoms with Crippen LogP contribution in [0.4, 0.5) is 0 Å². The zero-order chi connectivity index (χ0) is 11.9. The minimum absolute atomic E-state index is 0.794. The molecule has 18 heavy (non-hydrogen) atoms. The first-order valence-electron chi connectivity index (χ1n) is 7.63. The highest BCUT2D eigenvalue weighted by atomic mass is 32.1. The van der Waals surface area contributed by atoms with Crippen LogP contribution in [-0.4, -0.2) is 11.0 Å². The summed E-state index contributed by atoms with van der Waals surface area (Å²) in [5, 5.41) is 5.13. The lowest BCUT2D eigenvalue weighted by Gasteiger charge is -2.02. The van der Waals surface area contributed by atoms with Gasteiger partial charge < -0.3 is 5.32 Å². The Hall–Kier alpha value is -0.410. The molecule has 1 aromatic rings. The van der Waals surface area contributed by atoms with Crippen molar-refractivity contribution in [2.45, 2.75) is 75.8 Å². The van der Waals surface area contributed by atoms with E-state index >= 15 is 0 Å². The van der Waals surface area contributed by atoms with Crippen molar-refractivity contribution in [3.05, 3.63) is 15.6 Å². The molecule has 0 saturated heterocycles. The van der Waals surface area contributed by atoms with Crippen molar-refractivity contribution in [2.24, 2.45) is 0 Å². The van der Waals surface area contributed by atoms with Crippen LogP contribution in [0.5, 0.6) is 0 Å². The fraction of sp³-hybridized carbons (Fsp3) is 0.800. The molecule has 0 aromatic carbocycles. The molecule has 2 nitrogen and oxygen atoms in total. The zero-order valence-corrected chi connectivity index (χ0v) is 11.8. The molecule has 3 aliphatic rings. The summed E-state index contributed by atoms with van der Waals surface area (Å²) in [5.41, 5.74) is 1.47. The average molecular weight is 262 g/mol. The van der Waals surface area contributed by atoms with Gasteiger partial charge in [-0.25, -0.2) is 4.98 Å². The van der Waals surface area contributed by atoms with Gasteiger partial charge in [-0.2, -0.15) is 0 Å². The van der Waals surface area contributed by atoms with Crippen LogP contribution in [0, 0.1) is 0 Å². The Labute approximate surface area is 113 Å². The lowest BCUT2D eigenvalue weighted by Crippen LogP contribution is -2.15. The zero-order valence-electron chi connectivity index (χ0n) is 11.0. The minimum Gasteiger partial charge on any atom is -0.309 e. The highest BCUT2D eigenvalue weighted by Gasteiger charge is 2.32. The summed E-state index contributed by atoms with van der Waals surface area (Å²) in [6.07, 6.45) is 11.1. The summed E-state index contributed by atoms with van der Waals surface area (Å²) in [6.45, 7) is 1.08. The SMILES string of the molecule is C1CCC(c2nc(C3CC3)c(CNC3CC3)s2)C1. The summed E-state index contributed by atoms with van der Waals surface area (Å²) in [6, 6.07) is 0.814. The number of aromatic nitrogens is 1. The van der Waals surface area contributed by atoms with Crippen molar-refractivity contribution in [1.82, 2.24) is 10.3 Å². The molecule has 0 spiro atoms. The Kier molecular flexibility index (Phi) is 2.92. The van der Waals surface area contributed by atoms with E-state index in [0.29, 0.717) is 0 Å². The van der Waals surface area contributed by atoms with Gasteiger partial charge in [-0.1, -0.05) is 12.8 Å². The maximum atomic E-state index is 5.03. The van der Waals surface area contributed by atoms with Gasteiger partial charge in [0.2, 0.25) is 0 Å². The van der Waals surface area contributed by atoms with E-state index in [1.165, 1.54) is 62.1 Å². The van der Waals surface area contributed by atoms with Gasteiger partial charge in [0.25, 0.3) is 0 Å². The van der Waals surface area contributed by atoms with Crippen LogP contribution in [0.3, 0.4) is 0 Å². The molecule has 0 aliphatic heterocycles. The van der Waals surface area contributed by atoms with E-state index in [1.54, 1.807) is 4.88 Å². The standard InChI is InChI=1S/C15H22N2S/c1-2-4-11(3-1)15-17-14(10-5-6-10)13(18-15)9-16-12-7-8-12/h10-12,16H,1-9H2. The molecule has 0 atom stereocenters. The van der Waals surface area contributed by atoms with Crippen LogP contribution in [-0.2, 0) is 6.54 Å². The predicted molar refractivity (Wildman–Crippen MR) is 75.2 cm³/mol. The Morgan fingerprint density at radius 3 is 2.44 bits per heavy atom. The second-order valence-corrected chi connectivity index (χ2v) is 7.39. The van der Waals surface area contributed by atoms with Gasteiger partial charge in [0.15, 0.2) is 0 Å². The molecule has 0 amide bonds. The summed E-state index contributed by atoms with van der Waals surface area (Å²) in [7, 11) is 0. The van der Waals surface area contributed by atoms with E-state index in [-0.39, 0.29) is 0 Å². The molecule has 3 saturated carbocycles. The van der Waals surface area contributed by atoms with Crippen molar-refractivity contribution >= 4 is 11.3 Å². The molecular formula is C15H22N2S. The number of thiazole rings is 1. The van der Waals surface area contributed by atoms with Crippen molar-refractivity contribution in [3.63, 3.8) is 0 Å². The second-order valence-electron chi connectivity index (χ2n) is 6.27. The van der Waals surface area contributed by atoms with Crippen LogP contribution in [0.1, 0.15) is 78.8 Å². The Bertz CT molecular complexity index is 426. The third kappa shape index (κ3) is 2.35. The maximum Gasteiger partial charge on any atom is 0.0962 e. The van der Waals surface area contributed by atoms with Gasteiger partial charge in [-0.3, -0.25) is 0 Å². The third-order valence-electron chi connectivity index (χ3n) is 4.54. The van der Waals surface area contributed by atoms with Crippen molar-refractivity contribution in [1.29, 1.82) is 0 Å². The molecule has 1 heterocycles. The number of hydrogen-bond acceptors (Lipinski definition) is 3. The van der Waals surface area contributed by atoms with Crippen LogP contribution in [0.2, 0.25) is 0 Å². The van der Waals surface area contributed by atoms with Crippen molar-refractivity contribution < 1.29 is 0 Å². The molecule has 0 unspecified atom stereocenters. The molecule has 1 aromatic heterocycles. The molecule has 98 valence electrons. The van der Waals surface area contributed by atoms with E-state index in [9.17, 15) is 0 Å². The van der Waals surface area contributed by atoms with Gasteiger partial charge in [-0.05, 0) is 38.5 Å². The molecule has 0 radical (unpaired) electrons. The highest BCUT2D eigenvalue weighted by Crippen LogP contribution is 2.45. The molecule has 3 aliphatic carbocycles. The van der Waals surface area contributed by atoms with E-state index in [2.05, 4.69) is 5.32 Å². The molecule has 0 bridgehead atoms. The van der Waals surface area contributed by atoms with Gasteiger partial charge in [0, 0.05) is 29.3 Å². The average Bonchev–Trinajstić information content (AvgIpc) is 3.30. The lowest BCUT2D eigenvalue weighted by molar-refractivity contribution is 0.686. The van der Waals surface area contributed by atoms with Crippen LogP contribution in [0.15, 0.2) is 0 Å². The van der Waals surface area contributed by atoms with Gasteiger partial charge in [0.05, 0.1) is 10.7 Å². The number of nitrogens with zero attached hydrogens (tertiary/aromatic N) is 1. The van der Waals surface area contributed by atoms with E-state index < -0.39 is 0 Å². The molecule has 3 heteroatoms. The first-order chi connectivity index (χ1) is 8.90. The van der Waals surface area contributed by atoms with Crippen molar-refractivity contribution in [2.75, 3.05) is 0 Å². The van der Waals surface area contributed by atoms with E-state index in [1.807, 2.05) is 11.3 Å².